The van der Waals surface area contributed by atoms with Crippen molar-refractivity contribution in [3.8, 4) is 11.3 Å². The average Bonchev–Trinajstić information content (AvgIpc) is 2.75. The van der Waals surface area contributed by atoms with Crippen LogP contribution in [0.15, 0.2) is 66.9 Å². The minimum absolute atomic E-state index is 0.0447. The van der Waals surface area contributed by atoms with Crippen LogP contribution in [0.4, 0.5) is 5.69 Å². The van der Waals surface area contributed by atoms with Gasteiger partial charge in [0.05, 0.1) is 11.2 Å². The molecule has 0 atom stereocenters. The van der Waals surface area contributed by atoms with E-state index in [2.05, 4.69) is 74.8 Å². The molecule has 23 heavy (non-hydrogen) atoms. The largest absolute Gasteiger partial charge is 0.348 e. The van der Waals surface area contributed by atoms with Crippen molar-refractivity contribution in [1.82, 2.24) is 4.98 Å². The van der Waals surface area contributed by atoms with Crippen molar-refractivity contribution < 1.29 is 0 Å². The topological polar surface area (TPSA) is 16.1 Å². The number of allylic oxidation sites excluding steroid dienone is 1. The minimum Gasteiger partial charge on any atom is -0.348 e. The van der Waals surface area contributed by atoms with Crippen LogP contribution < -0.4 is 4.90 Å². The van der Waals surface area contributed by atoms with Crippen molar-refractivity contribution in [2.24, 2.45) is 0 Å². The summed E-state index contributed by atoms with van der Waals surface area (Å²) in [5.41, 5.74) is 6.86. The maximum Gasteiger partial charge on any atom is 0.0709 e. The molecule has 3 aromatic rings. The Morgan fingerprint density at radius 2 is 1.78 bits per heavy atom. The SMILES string of the molecule is C=C1N(C)c2ccc(-c3ccc4ccccc4n3)cc2C1(C)C. The summed E-state index contributed by atoms with van der Waals surface area (Å²) in [5.74, 6) is 0. The molecule has 0 spiro atoms. The summed E-state index contributed by atoms with van der Waals surface area (Å²) >= 11 is 0. The Morgan fingerprint density at radius 3 is 2.61 bits per heavy atom. The first-order valence-corrected chi connectivity index (χ1v) is 7.92. The molecule has 0 saturated carbocycles. The highest BCUT2D eigenvalue weighted by atomic mass is 15.1. The van der Waals surface area contributed by atoms with E-state index in [1.54, 1.807) is 0 Å². The van der Waals surface area contributed by atoms with Gasteiger partial charge in [-0.2, -0.15) is 0 Å². The molecule has 0 N–H and O–H groups in total. The average molecular weight is 300 g/mol. The lowest BCUT2D eigenvalue weighted by atomic mass is 9.83. The summed E-state index contributed by atoms with van der Waals surface area (Å²) in [6, 6.07) is 19.1. The molecule has 0 aliphatic carbocycles. The summed E-state index contributed by atoms with van der Waals surface area (Å²) in [7, 11) is 2.09. The first-order valence-electron chi connectivity index (χ1n) is 7.92. The summed E-state index contributed by atoms with van der Waals surface area (Å²) in [4.78, 5) is 7.01. The van der Waals surface area contributed by atoms with Gasteiger partial charge in [0.15, 0.2) is 0 Å². The molecule has 0 fully saturated rings. The third-order valence-electron chi connectivity index (χ3n) is 5.05. The molecule has 0 amide bonds. The van der Waals surface area contributed by atoms with E-state index in [1.807, 2.05) is 12.1 Å². The first-order chi connectivity index (χ1) is 11.0. The Balaban J connectivity index is 1.87. The Morgan fingerprint density at radius 1 is 1.00 bits per heavy atom. The van der Waals surface area contributed by atoms with Gasteiger partial charge in [-0.1, -0.05) is 50.8 Å². The van der Waals surface area contributed by atoms with E-state index in [1.165, 1.54) is 16.6 Å². The van der Waals surface area contributed by atoms with Gasteiger partial charge >= 0.3 is 0 Å². The molecule has 2 heteroatoms. The van der Waals surface area contributed by atoms with E-state index >= 15 is 0 Å². The zero-order chi connectivity index (χ0) is 16.2. The molecule has 0 radical (unpaired) electrons. The number of hydrogen-bond acceptors (Lipinski definition) is 2. The van der Waals surface area contributed by atoms with Crippen LogP contribution in [0, 0.1) is 0 Å². The van der Waals surface area contributed by atoms with E-state index in [-0.39, 0.29) is 5.41 Å². The molecule has 4 rings (SSSR count). The lowest BCUT2D eigenvalue weighted by Crippen LogP contribution is -2.21. The molecule has 2 nitrogen and oxygen atoms in total. The highest BCUT2D eigenvalue weighted by Gasteiger charge is 2.37. The molecule has 1 aliphatic heterocycles. The van der Waals surface area contributed by atoms with Crippen LogP contribution in [0.3, 0.4) is 0 Å². The molecule has 2 heterocycles. The van der Waals surface area contributed by atoms with E-state index in [0.717, 1.165) is 22.5 Å². The van der Waals surface area contributed by atoms with Gasteiger partial charge in [-0.05, 0) is 29.8 Å². The molecule has 0 bridgehead atoms. The van der Waals surface area contributed by atoms with Gasteiger partial charge in [0.25, 0.3) is 0 Å². The van der Waals surface area contributed by atoms with Crippen molar-refractivity contribution in [3.05, 3.63) is 72.4 Å². The molecule has 1 aliphatic rings. The second-order valence-corrected chi connectivity index (χ2v) is 6.75. The van der Waals surface area contributed by atoms with Crippen LogP contribution in [0.1, 0.15) is 19.4 Å². The molecule has 0 unspecified atom stereocenters. The Bertz CT molecular complexity index is 937. The highest BCUT2D eigenvalue weighted by Crippen LogP contribution is 2.47. The van der Waals surface area contributed by atoms with Gasteiger partial charge in [-0.15, -0.1) is 0 Å². The monoisotopic (exact) mass is 300 g/mol. The van der Waals surface area contributed by atoms with E-state index in [0.29, 0.717) is 0 Å². The normalized spacial score (nSPS) is 16.0. The predicted molar refractivity (Wildman–Crippen MR) is 97.7 cm³/mol. The molecular weight excluding hydrogens is 280 g/mol. The van der Waals surface area contributed by atoms with Gasteiger partial charge in [0.2, 0.25) is 0 Å². The zero-order valence-electron chi connectivity index (χ0n) is 13.8. The summed E-state index contributed by atoms with van der Waals surface area (Å²) in [6.07, 6.45) is 0. The lowest BCUT2D eigenvalue weighted by molar-refractivity contribution is 0.643. The van der Waals surface area contributed by atoms with E-state index in [4.69, 9.17) is 4.98 Å². The summed E-state index contributed by atoms with van der Waals surface area (Å²) < 4.78 is 0. The van der Waals surface area contributed by atoms with Crippen LogP contribution in [0.25, 0.3) is 22.2 Å². The number of likely N-dealkylation sites (N-methyl/N-ethyl adjacent to an activating group) is 1. The Kier molecular flexibility index (Phi) is 2.86. The summed E-state index contributed by atoms with van der Waals surface area (Å²) in [6.45, 7) is 8.72. The van der Waals surface area contributed by atoms with Gasteiger partial charge in [0.1, 0.15) is 0 Å². The van der Waals surface area contributed by atoms with Gasteiger partial charge in [0, 0.05) is 34.8 Å². The molecular formula is C21H20N2. The third kappa shape index (κ3) is 1.98. The predicted octanol–water partition coefficient (Wildman–Crippen LogP) is 5.14. The van der Waals surface area contributed by atoms with Crippen LogP contribution in [0.2, 0.25) is 0 Å². The fourth-order valence-electron chi connectivity index (χ4n) is 3.44. The Labute approximate surface area is 137 Å². The zero-order valence-corrected chi connectivity index (χ0v) is 13.8. The number of benzene rings is 2. The second-order valence-electron chi connectivity index (χ2n) is 6.75. The molecule has 0 saturated heterocycles. The smallest absolute Gasteiger partial charge is 0.0709 e. The Hall–Kier alpha value is -2.61. The van der Waals surface area contributed by atoms with Crippen molar-refractivity contribution in [1.29, 1.82) is 0 Å². The fourth-order valence-corrected chi connectivity index (χ4v) is 3.44. The third-order valence-corrected chi connectivity index (χ3v) is 5.05. The van der Waals surface area contributed by atoms with Crippen LogP contribution in [0.5, 0.6) is 0 Å². The number of hydrogen-bond donors (Lipinski definition) is 0. The second kappa shape index (κ2) is 4.69. The number of rotatable bonds is 1. The molecule has 1 aromatic heterocycles. The maximum atomic E-state index is 4.82. The number of para-hydroxylation sites is 1. The number of fused-ring (bicyclic) bond motifs is 2. The standard InChI is InChI=1S/C21H20N2/c1-14-21(2,3)17-13-16(10-12-20(17)23(14)4)19-11-9-15-7-5-6-8-18(15)22-19/h5-13H,1H2,2-4H3. The van der Waals surface area contributed by atoms with E-state index in [9.17, 15) is 0 Å². The minimum atomic E-state index is -0.0447. The highest BCUT2D eigenvalue weighted by molar-refractivity contribution is 5.82. The number of nitrogens with zero attached hydrogens (tertiary/aromatic N) is 2. The summed E-state index contributed by atoms with van der Waals surface area (Å²) in [5, 5.41) is 1.17. The number of anilines is 1. The molecule has 2 aromatic carbocycles. The lowest BCUT2D eigenvalue weighted by Gasteiger charge is -2.22. The quantitative estimate of drug-likeness (QED) is 0.618. The molecule has 114 valence electrons. The van der Waals surface area contributed by atoms with Gasteiger partial charge in [-0.25, -0.2) is 4.98 Å². The maximum absolute atomic E-state index is 4.82. The number of aromatic nitrogens is 1. The van der Waals surface area contributed by atoms with Crippen LogP contribution in [-0.2, 0) is 5.41 Å². The van der Waals surface area contributed by atoms with Crippen LogP contribution in [-0.4, -0.2) is 12.0 Å². The van der Waals surface area contributed by atoms with Crippen molar-refractivity contribution in [2.75, 3.05) is 11.9 Å². The van der Waals surface area contributed by atoms with Gasteiger partial charge in [-0.3, -0.25) is 0 Å². The van der Waals surface area contributed by atoms with Gasteiger partial charge < -0.3 is 4.90 Å². The van der Waals surface area contributed by atoms with Crippen molar-refractivity contribution in [2.45, 2.75) is 19.3 Å². The number of pyridine rings is 1. The van der Waals surface area contributed by atoms with E-state index < -0.39 is 0 Å². The van der Waals surface area contributed by atoms with Crippen molar-refractivity contribution in [3.63, 3.8) is 0 Å². The fraction of sp³-hybridized carbons (Fsp3) is 0.190. The van der Waals surface area contributed by atoms with Crippen molar-refractivity contribution >= 4 is 16.6 Å². The first kappa shape index (κ1) is 14.0. The van der Waals surface area contributed by atoms with Crippen LogP contribution >= 0.6 is 0 Å².